The van der Waals surface area contributed by atoms with Gasteiger partial charge in [-0.05, 0) is 65.8 Å². The van der Waals surface area contributed by atoms with Crippen molar-refractivity contribution in [2.24, 2.45) is 0 Å². The van der Waals surface area contributed by atoms with E-state index in [9.17, 15) is 14.7 Å². The Morgan fingerprint density at radius 2 is 1.51 bits per heavy atom. The Hall–Kier alpha value is -4.08. The van der Waals surface area contributed by atoms with Crippen LogP contribution in [0.5, 0.6) is 23.0 Å². The van der Waals surface area contributed by atoms with Crippen molar-refractivity contribution in [3.63, 3.8) is 0 Å². The predicted molar refractivity (Wildman–Crippen MR) is 129 cm³/mol. The highest BCUT2D eigenvalue weighted by Gasteiger charge is 2.33. The van der Waals surface area contributed by atoms with Gasteiger partial charge in [-0.2, -0.15) is 4.90 Å². The number of anilines is 1. The van der Waals surface area contributed by atoms with E-state index in [1.807, 2.05) is 0 Å². The number of methoxy groups -OCH3 is 1. The maximum atomic E-state index is 12.8. The second-order valence-corrected chi connectivity index (χ2v) is 9.60. The minimum Gasteiger partial charge on any atom is -0.504 e. The van der Waals surface area contributed by atoms with Gasteiger partial charge in [-0.3, -0.25) is 4.98 Å². The minimum atomic E-state index is -0.917. The Bertz CT molecular complexity index is 1200. The van der Waals surface area contributed by atoms with Crippen molar-refractivity contribution in [1.82, 2.24) is 9.97 Å². The Balaban J connectivity index is 1.91. The molecule has 0 spiro atoms. The maximum absolute atomic E-state index is 12.8. The molecule has 10 heteroatoms. The van der Waals surface area contributed by atoms with Crippen LogP contribution in [0.1, 0.15) is 41.5 Å². The summed E-state index contributed by atoms with van der Waals surface area (Å²) in [7, 11) is 1.45. The van der Waals surface area contributed by atoms with Crippen LogP contribution in [0.3, 0.4) is 0 Å². The molecule has 2 amide bonds. The zero-order valence-electron chi connectivity index (χ0n) is 20.8. The molecule has 0 unspecified atom stereocenters. The lowest BCUT2D eigenvalue weighted by molar-refractivity contribution is 0.0429. The third-order valence-corrected chi connectivity index (χ3v) is 4.33. The number of aromatic nitrogens is 2. The number of benzene rings is 1. The van der Waals surface area contributed by atoms with Crippen molar-refractivity contribution in [2.45, 2.75) is 52.7 Å². The lowest BCUT2D eigenvalue weighted by atomic mass is 10.2. The van der Waals surface area contributed by atoms with Gasteiger partial charge in [0.2, 0.25) is 0 Å². The molecule has 186 valence electrons. The van der Waals surface area contributed by atoms with Gasteiger partial charge in [0.05, 0.1) is 18.8 Å². The van der Waals surface area contributed by atoms with Gasteiger partial charge in [0.25, 0.3) is 0 Å². The predicted octanol–water partition coefficient (Wildman–Crippen LogP) is 5.81. The van der Waals surface area contributed by atoms with E-state index in [-0.39, 0.29) is 17.3 Å². The van der Waals surface area contributed by atoms with Crippen molar-refractivity contribution in [2.75, 3.05) is 12.0 Å². The molecular formula is C25H29N3O7. The van der Waals surface area contributed by atoms with Gasteiger partial charge in [-0.15, -0.1) is 0 Å². The fourth-order valence-corrected chi connectivity index (χ4v) is 2.96. The first kappa shape index (κ1) is 25.5. The third kappa shape index (κ3) is 6.50. The standard InChI is InChI=1S/C25H29N3O7/c1-24(2,3)34-22(30)28(23(31)35-25(4,5)6)21-9-8-15(14-27-21)33-19-10-11-26-17-13-18(29)20(32-7)12-16(17)19/h8-14,29H,1-7H3. The number of hydrogen-bond donors (Lipinski definition) is 1. The Morgan fingerprint density at radius 1 is 0.886 bits per heavy atom. The van der Waals surface area contributed by atoms with E-state index in [4.69, 9.17) is 18.9 Å². The molecule has 2 heterocycles. The summed E-state index contributed by atoms with van der Waals surface area (Å²) in [5.74, 6) is 1.02. The lowest BCUT2D eigenvalue weighted by Gasteiger charge is -2.28. The third-order valence-electron chi connectivity index (χ3n) is 4.33. The van der Waals surface area contributed by atoms with E-state index in [2.05, 4.69) is 9.97 Å². The van der Waals surface area contributed by atoms with Crippen LogP contribution < -0.4 is 14.4 Å². The number of imide groups is 1. The molecule has 0 radical (unpaired) electrons. The highest BCUT2D eigenvalue weighted by molar-refractivity contribution is 6.08. The summed E-state index contributed by atoms with van der Waals surface area (Å²) in [6, 6.07) is 7.73. The summed E-state index contributed by atoms with van der Waals surface area (Å²) in [4.78, 5) is 34.8. The molecule has 0 aliphatic rings. The molecule has 0 aliphatic carbocycles. The molecule has 2 aromatic heterocycles. The highest BCUT2D eigenvalue weighted by Crippen LogP contribution is 2.36. The zero-order valence-corrected chi connectivity index (χ0v) is 20.8. The Kier molecular flexibility index (Phi) is 7.04. The van der Waals surface area contributed by atoms with E-state index >= 15 is 0 Å². The van der Waals surface area contributed by atoms with Crippen LogP contribution in [-0.2, 0) is 9.47 Å². The van der Waals surface area contributed by atoms with E-state index in [1.54, 1.807) is 59.7 Å². The zero-order chi connectivity index (χ0) is 26.0. The number of amides is 2. The summed E-state index contributed by atoms with van der Waals surface area (Å²) in [6.07, 6.45) is 1.07. The smallest absolute Gasteiger partial charge is 0.425 e. The topological polar surface area (TPSA) is 120 Å². The molecular weight excluding hydrogens is 454 g/mol. The summed E-state index contributed by atoms with van der Waals surface area (Å²) >= 11 is 0. The minimum absolute atomic E-state index is 0.00651. The second kappa shape index (κ2) is 9.65. The average Bonchev–Trinajstić information content (AvgIpc) is 2.72. The number of fused-ring (bicyclic) bond motifs is 1. The van der Waals surface area contributed by atoms with Gasteiger partial charge in [0.15, 0.2) is 11.5 Å². The number of ether oxygens (including phenoxy) is 4. The van der Waals surface area contributed by atoms with Crippen molar-refractivity contribution in [3.8, 4) is 23.0 Å². The molecule has 0 fully saturated rings. The van der Waals surface area contributed by atoms with Crippen molar-refractivity contribution in [1.29, 1.82) is 0 Å². The van der Waals surface area contributed by atoms with Gasteiger partial charge < -0.3 is 24.1 Å². The van der Waals surface area contributed by atoms with Crippen molar-refractivity contribution < 1.29 is 33.6 Å². The van der Waals surface area contributed by atoms with Gasteiger partial charge in [-0.25, -0.2) is 14.6 Å². The summed E-state index contributed by atoms with van der Waals surface area (Å²) in [5.41, 5.74) is -1.16. The number of carbonyl (C=O) groups is 2. The van der Waals surface area contributed by atoms with Crippen LogP contribution in [0.15, 0.2) is 42.7 Å². The number of hydrogen-bond acceptors (Lipinski definition) is 9. The number of rotatable bonds is 4. The van der Waals surface area contributed by atoms with Crippen LogP contribution in [0.4, 0.5) is 15.4 Å². The number of pyridine rings is 2. The molecule has 35 heavy (non-hydrogen) atoms. The maximum Gasteiger partial charge on any atom is 0.425 e. The molecule has 0 saturated heterocycles. The van der Waals surface area contributed by atoms with Crippen molar-refractivity contribution in [3.05, 3.63) is 42.7 Å². The Morgan fingerprint density at radius 3 is 2.03 bits per heavy atom. The Labute approximate surface area is 203 Å². The number of nitrogens with zero attached hydrogens (tertiary/aromatic N) is 3. The fourth-order valence-electron chi connectivity index (χ4n) is 2.96. The number of phenolic OH excluding ortho intramolecular Hbond substituents is 1. The SMILES string of the molecule is COc1cc2c(Oc3ccc(N(C(=O)OC(C)(C)C)C(=O)OC(C)(C)C)nc3)ccnc2cc1O. The van der Waals surface area contributed by atoms with Crippen LogP contribution in [-0.4, -0.2) is 45.6 Å². The number of aromatic hydroxyl groups is 1. The molecule has 0 saturated carbocycles. The van der Waals surface area contributed by atoms with Crippen LogP contribution >= 0.6 is 0 Å². The van der Waals surface area contributed by atoms with Gasteiger partial charge in [-0.1, -0.05) is 0 Å². The van der Waals surface area contributed by atoms with Gasteiger partial charge >= 0.3 is 12.2 Å². The van der Waals surface area contributed by atoms with Crippen molar-refractivity contribution >= 4 is 28.9 Å². The molecule has 0 bridgehead atoms. The summed E-state index contributed by atoms with van der Waals surface area (Å²) in [6.45, 7) is 10.1. The van der Waals surface area contributed by atoms with Gasteiger partial charge in [0, 0.05) is 17.6 Å². The normalized spacial score (nSPS) is 11.6. The number of phenols is 1. The van der Waals surface area contributed by atoms with E-state index in [0.717, 1.165) is 4.90 Å². The largest absolute Gasteiger partial charge is 0.504 e. The molecule has 0 aliphatic heterocycles. The van der Waals surface area contributed by atoms with Crippen LogP contribution in [0.2, 0.25) is 0 Å². The molecule has 1 N–H and O–H groups in total. The summed E-state index contributed by atoms with van der Waals surface area (Å²) < 4.78 is 21.9. The monoisotopic (exact) mass is 483 g/mol. The molecule has 3 rings (SSSR count). The van der Waals surface area contributed by atoms with Gasteiger partial charge in [0.1, 0.15) is 28.5 Å². The molecule has 1 aromatic carbocycles. The fraction of sp³-hybridized carbons (Fsp3) is 0.360. The van der Waals surface area contributed by atoms with Crippen LogP contribution in [0.25, 0.3) is 10.9 Å². The molecule has 10 nitrogen and oxygen atoms in total. The second-order valence-electron chi connectivity index (χ2n) is 9.60. The first-order valence-corrected chi connectivity index (χ1v) is 10.8. The lowest BCUT2D eigenvalue weighted by Crippen LogP contribution is -2.44. The highest BCUT2D eigenvalue weighted by atomic mass is 16.6. The molecule has 0 atom stereocenters. The number of carbonyl (C=O) groups excluding carboxylic acids is 2. The average molecular weight is 484 g/mol. The molecule has 3 aromatic rings. The first-order valence-electron chi connectivity index (χ1n) is 10.8. The van der Waals surface area contributed by atoms with E-state index in [0.29, 0.717) is 22.4 Å². The first-order chi connectivity index (χ1) is 16.3. The van der Waals surface area contributed by atoms with E-state index < -0.39 is 23.4 Å². The quantitative estimate of drug-likeness (QED) is 0.490. The van der Waals surface area contributed by atoms with Crippen LogP contribution in [0, 0.1) is 0 Å². The van der Waals surface area contributed by atoms with E-state index in [1.165, 1.54) is 31.6 Å². The summed E-state index contributed by atoms with van der Waals surface area (Å²) in [5, 5.41) is 10.6.